The van der Waals surface area contributed by atoms with E-state index < -0.39 is 23.1 Å². The lowest BCUT2D eigenvalue weighted by molar-refractivity contribution is -0.143. The molecule has 1 saturated carbocycles. The Labute approximate surface area is 183 Å². The highest BCUT2D eigenvalue weighted by Gasteiger charge is 2.51. The summed E-state index contributed by atoms with van der Waals surface area (Å²) >= 11 is 0. The van der Waals surface area contributed by atoms with Crippen LogP contribution in [0.3, 0.4) is 0 Å². The molecule has 0 unspecified atom stereocenters. The largest absolute Gasteiger partial charge is 0.481 e. The van der Waals surface area contributed by atoms with Crippen molar-refractivity contribution in [2.24, 2.45) is 5.41 Å². The summed E-state index contributed by atoms with van der Waals surface area (Å²) < 4.78 is 42.1. The summed E-state index contributed by atoms with van der Waals surface area (Å²) in [5, 5.41) is 18.1. The third-order valence-electron chi connectivity index (χ3n) is 6.27. The number of carboxylic acid groups (broad SMARTS) is 1. The zero-order valence-electron chi connectivity index (χ0n) is 17.8. The van der Waals surface area contributed by atoms with Crippen molar-refractivity contribution in [2.45, 2.75) is 45.2 Å². The zero-order chi connectivity index (χ0) is 23.4. The van der Waals surface area contributed by atoms with Crippen LogP contribution < -0.4 is 5.73 Å². The van der Waals surface area contributed by atoms with Gasteiger partial charge < -0.3 is 20.8 Å². The molecule has 4 N–H and O–H groups in total. The maximum absolute atomic E-state index is 13.4. The Bertz CT molecular complexity index is 1240. The maximum atomic E-state index is 13.4. The number of nitrogens with two attached hydrogens (primary N) is 1. The van der Waals surface area contributed by atoms with Crippen LogP contribution in [0.15, 0.2) is 36.4 Å². The van der Waals surface area contributed by atoms with E-state index in [0.717, 1.165) is 29.6 Å². The summed E-state index contributed by atoms with van der Waals surface area (Å²) in [5.74, 6) is -0.961. The number of hydrogen-bond acceptors (Lipinski definition) is 3. The van der Waals surface area contributed by atoms with Gasteiger partial charge in [-0.1, -0.05) is 19.9 Å². The van der Waals surface area contributed by atoms with Crippen LogP contribution in [0, 0.1) is 10.8 Å². The molecule has 2 aromatic carbocycles. The van der Waals surface area contributed by atoms with Crippen molar-refractivity contribution in [3.8, 4) is 5.69 Å². The third kappa shape index (κ3) is 3.53. The fourth-order valence-electron chi connectivity index (χ4n) is 4.42. The van der Waals surface area contributed by atoms with Gasteiger partial charge in [0, 0.05) is 34.2 Å². The van der Waals surface area contributed by atoms with Gasteiger partial charge in [0.25, 0.3) is 0 Å². The SMILES string of the molecule is CC(C)c1c(CC2(C(=O)O)CC2)c2cc(N)c(C=N)cc2n1-c1cccc(C(F)(F)F)c1. The molecule has 4 rings (SSSR count). The number of nitrogens with one attached hydrogen (secondary N) is 1. The van der Waals surface area contributed by atoms with Crippen LogP contribution in [0.4, 0.5) is 18.9 Å². The van der Waals surface area contributed by atoms with Gasteiger partial charge in [-0.3, -0.25) is 4.79 Å². The number of aliphatic carboxylic acids is 1. The molecule has 0 radical (unpaired) electrons. The Morgan fingerprint density at radius 2 is 1.97 bits per heavy atom. The van der Waals surface area contributed by atoms with Gasteiger partial charge in [0.15, 0.2) is 0 Å². The van der Waals surface area contributed by atoms with Gasteiger partial charge in [-0.25, -0.2) is 0 Å². The number of benzene rings is 2. The third-order valence-corrected chi connectivity index (χ3v) is 6.27. The van der Waals surface area contributed by atoms with E-state index in [-0.39, 0.29) is 12.3 Å². The minimum atomic E-state index is -4.49. The molecule has 1 aromatic heterocycles. The Hall–Kier alpha value is -3.29. The molecule has 0 amide bonds. The van der Waals surface area contributed by atoms with Crippen LogP contribution in [-0.4, -0.2) is 21.9 Å². The molecule has 0 saturated heterocycles. The van der Waals surface area contributed by atoms with Gasteiger partial charge in [-0.05, 0) is 61.1 Å². The zero-order valence-corrected chi connectivity index (χ0v) is 17.8. The van der Waals surface area contributed by atoms with Crippen LogP contribution in [0.1, 0.15) is 55.0 Å². The number of rotatable bonds is 6. The first kappa shape index (κ1) is 21.9. The standard InChI is InChI=1S/C24H24F3N3O2/c1-13(2)21-18(11-23(6-7-23)22(31)32)17-10-19(29)14(12-28)8-20(17)30(21)16-5-3-4-15(9-16)24(25,26)27/h3-5,8-10,12-13,28H,6-7,11,29H2,1-2H3,(H,31,32). The maximum Gasteiger partial charge on any atom is 0.416 e. The van der Waals surface area contributed by atoms with Crippen molar-refractivity contribution in [1.82, 2.24) is 4.57 Å². The number of carbonyl (C=O) groups is 1. The smallest absolute Gasteiger partial charge is 0.416 e. The highest BCUT2D eigenvalue weighted by Crippen LogP contribution is 2.51. The molecule has 8 heteroatoms. The summed E-state index contributed by atoms with van der Waals surface area (Å²) in [6.07, 6.45) is -1.99. The van der Waals surface area contributed by atoms with E-state index in [1.807, 2.05) is 13.8 Å². The van der Waals surface area contributed by atoms with E-state index in [1.54, 1.807) is 22.8 Å². The molecule has 0 bridgehead atoms. The van der Waals surface area contributed by atoms with Crippen LogP contribution in [-0.2, 0) is 17.4 Å². The van der Waals surface area contributed by atoms with Crippen molar-refractivity contribution < 1.29 is 23.1 Å². The number of nitrogen functional groups attached to an aromatic ring is 1. The number of carboxylic acids is 1. The van der Waals surface area contributed by atoms with Crippen molar-refractivity contribution in [3.63, 3.8) is 0 Å². The molecular formula is C24H24F3N3O2. The molecule has 32 heavy (non-hydrogen) atoms. The molecule has 1 fully saturated rings. The summed E-state index contributed by atoms with van der Waals surface area (Å²) in [5.41, 5.74) is 7.82. The van der Waals surface area contributed by atoms with Gasteiger partial charge in [-0.2, -0.15) is 13.2 Å². The van der Waals surface area contributed by atoms with E-state index in [0.29, 0.717) is 40.7 Å². The first-order chi connectivity index (χ1) is 15.0. The molecular weight excluding hydrogens is 419 g/mol. The Balaban J connectivity index is 2.07. The van der Waals surface area contributed by atoms with Gasteiger partial charge in [-0.15, -0.1) is 0 Å². The van der Waals surface area contributed by atoms with E-state index in [9.17, 15) is 23.1 Å². The Kier molecular flexibility index (Phi) is 5.07. The second-order valence-corrected chi connectivity index (χ2v) is 8.81. The second-order valence-electron chi connectivity index (χ2n) is 8.81. The highest BCUT2D eigenvalue weighted by atomic mass is 19.4. The van der Waals surface area contributed by atoms with Gasteiger partial charge >= 0.3 is 12.1 Å². The monoisotopic (exact) mass is 443 g/mol. The van der Waals surface area contributed by atoms with Crippen LogP contribution in [0.5, 0.6) is 0 Å². The highest BCUT2D eigenvalue weighted by molar-refractivity contribution is 5.98. The molecule has 3 aromatic rings. The number of fused-ring (bicyclic) bond motifs is 1. The lowest BCUT2D eigenvalue weighted by atomic mass is 9.91. The number of aromatic nitrogens is 1. The molecule has 0 aliphatic heterocycles. The van der Waals surface area contributed by atoms with E-state index in [2.05, 4.69) is 0 Å². The molecule has 5 nitrogen and oxygen atoms in total. The molecule has 0 spiro atoms. The number of halogens is 3. The van der Waals surface area contributed by atoms with E-state index in [4.69, 9.17) is 11.1 Å². The topological polar surface area (TPSA) is 92.1 Å². The van der Waals surface area contributed by atoms with Gasteiger partial charge in [0.05, 0.1) is 16.5 Å². The molecule has 0 atom stereocenters. The van der Waals surface area contributed by atoms with Crippen molar-refractivity contribution in [3.05, 3.63) is 58.8 Å². The van der Waals surface area contributed by atoms with Crippen molar-refractivity contribution in [1.29, 1.82) is 5.41 Å². The minimum absolute atomic E-state index is 0.0961. The fourth-order valence-corrected chi connectivity index (χ4v) is 4.42. The summed E-state index contributed by atoms with van der Waals surface area (Å²) in [7, 11) is 0. The Morgan fingerprint density at radius 1 is 1.28 bits per heavy atom. The molecule has 1 aliphatic carbocycles. The van der Waals surface area contributed by atoms with Crippen LogP contribution in [0.2, 0.25) is 0 Å². The molecule has 1 aliphatic rings. The number of hydrogen-bond donors (Lipinski definition) is 3. The fraction of sp³-hybridized carbons (Fsp3) is 0.333. The average molecular weight is 443 g/mol. The average Bonchev–Trinajstić information content (AvgIpc) is 3.44. The lowest BCUT2D eigenvalue weighted by Crippen LogP contribution is -2.18. The lowest BCUT2D eigenvalue weighted by Gasteiger charge is -2.18. The molecule has 1 heterocycles. The number of nitrogens with zero attached hydrogens (tertiary/aromatic N) is 1. The summed E-state index contributed by atoms with van der Waals surface area (Å²) in [4.78, 5) is 11.9. The normalized spacial score (nSPS) is 15.3. The van der Waals surface area contributed by atoms with Crippen molar-refractivity contribution in [2.75, 3.05) is 5.73 Å². The number of anilines is 1. The first-order valence-corrected chi connectivity index (χ1v) is 10.4. The quantitative estimate of drug-likeness (QED) is 0.334. The van der Waals surface area contributed by atoms with E-state index >= 15 is 0 Å². The van der Waals surface area contributed by atoms with Crippen LogP contribution >= 0.6 is 0 Å². The Morgan fingerprint density at radius 3 is 2.50 bits per heavy atom. The van der Waals surface area contributed by atoms with Crippen molar-refractivity contribution >= 4 is 28.8 Å². The summed E-state index contributed by atoms with van der Waals surface area (Å²) in [6.45, 7) is 3.87. The van der Waals surface area contributed by atoms with Gasteiger partial charge in [0.1, 0.15) is 0 Å². The molecule has 168 valence electrons. The van der Waals surface area contributed by atoms with Crippen LogP contribution in [0.25, 0.3) is 16.6 Å². The van der Waals surface area contributed by atoms with E-state index in [1.165, 1.54) is 6.07 Å². The first-order valence-electron chi connectivity index (χ1n) is 10.4. The van der Waals surface area contributed by atoms with Gasteiger partial charge in [0.2, 0.25) is 0 Å². The second kappa shape index (κ2) is 7.39. The predicted molar refractivity (Wildman–Crippen MR) is 118 cm³/mol. The number of alkyl halides is 3. The minimum Gasteiger partial charge on any atom is -0.481 e. The summed E-state index contributed by atoms with van der Waals surface area (Å²) in [6, 6.07) is 8.49. The predicted octanol–water partition coefficient (Wildman–Crippen LogP) is 5.76.